The second kappa shape index (κ2) is 13.3. The second-order valence-corrected chi connectivity index (χ2v) is 7.19. The Morgan fingerprint density at radius 2 is 1.44 bits per heavy atom. The molecule has 1 aromatic rings. The first-order valence-corrected chi connectivity index (χ1v) is 10.3. The van der Waals surface area contributed by atoms with E-state index in [-0.39, 0.29) is 0 Å². The third-order valence-corrected chi connectivity index (χ3v) is 4.89. The average Bonchev–Trinajstić information content (AvgIpc) is 2.64. The smallest absolute Gasteiger partial charge is 0.0233 e. The first-order valence-electron chi connectivity index (χ1n) is 10.3. The van der Waals surface area contributed by atoms with Crippen LogP contribution in [0.25, 0.3) is 0 Å². The van der Waals surface area contributed by atoms with Crippen LogP contribution >= 0.6 is 0 Å². The van der Waals surface area contributed by atoms with Gasteiger partial charge in [0.15, 0.2) is 0 Å². The lowest BCUT2D eigenvalue weighted by Crippen LogP contribution is -2.44. The number of benzene rings is 1. The zero-order valence-electron chi connectivity index (χ0n) is 16.1. The third-order valence-electron chi connectivity index (χ3n) is 4.89. The largest absolute Gasteiger partial charge is 0.315 e. The lowest BCUT2D eigenvalue weighted by Gasteiger charge is -2.21. The molecule has 0 aromatic heterocycles. The van der Waals surface area contributed by atoms with Crippen molar-refractivity contribution < 1.29 is 0 Å². The van der Waals surface area contributed by atoms with Crippen molar-refractivity contribution in [3.8, 4) is 0 Å². The van der Waals surface area contributed by atoms with Gasteiger partial charge in [-0.1, -0.05) is 37.6 Å². The van der Waals surface area contributed by atoms with Crippen LogP contribution in [0.3, 0.4) is 0 Å². The average molecular weight is 347 g/mol. The third kappa shape index (κ3) is 9.36. The van der Waals surface area contributed by atoms with Gasteiger partial charge in [-0.3, -0.25) is 0 Å². The molecule has 4 nitrogen and oxygen atoms in total. The van der Waals surface area contributed by atoms with Crippen molar-refractivity contribution >= 4 is 0 Å². The summed E-state index contributed by atoms with van der Waals surface area (Å²) in [6, 6.07) is 9.75. The Hall–Kier alpha value is -0.940. The van der Waals surface area contributed by atoms with E-state index in [0.717, 1.165) is 52.2 Å². The molecule has 4 heteroatoms. The molecule has 0 saturated carbocycles. The summed E-state index contributed by atoms with van der Waals surface area (Å²) >= 11 is 0. The van der Waals surface area contributed by atoms with Gasteiger partial charge in [0.25, 0.3) is 0 Å². The van der Waals surface area contributed by atoms with Gasteiger partial charge in [-0.2, -0.15) is 0 Å². The molecule has 0 radical (unpaired) electrons. The molecule has 4 N–H and O–H groups in total. The van der Waals surface area contributed by atoms with E-state index in [1.54, 1.807) is 0 Å². The zero-order chi connectivity index (χ0) is 17.6. The van der Waals surface area contributed by atoms with Crippen LogP contribution in [-0.4, -0.2) is 51.9 Å². The molecule has 0 bridgehead atoms. The summed E-state index contributed by atoms with van der Waals surface area (Å²) in [5.74, 6) is 0. The zero-order valence-corrected chi connectivity index (χ0v) is 16.1. The normalized spacial score (nSPS) is 21.6. The van der Waals surface area contributed by atoms with E-state index in [1.165, 1.54) is 43.2 Å². The SMILES string of the molecule is CCCCc1ccc(CC2CNCCNCCCCNCCN2)cc1. The molecule has 2 rings (SSSR count). The maximum atomic E-state index is 3.73. The molecule has 1 atom stereocenters. The Labute approximate surface area is 154 Å². The Morgan fingerprint density at radius 1 is 0.800 bits per heavy atom. The highest BCUT2D eigenvalue weighted by Gasteiger charge is 2.09. The Balaban J connectivity index is 1.80. The number of rotatable bonds is 5. The fourth-order valence-corrected chi connectivity index (χ4v) is 3.29. The fraction of sp³-hybridized carbons (Fsp3) is 0.714. The molecule has 0 amide bonds. The van der Waals surface area contributed by atoms with Crippen molar-refractivity contribution in [2.75, 3.05) is 45.8 Å². The second-order valence-electron chi connectivity index (χ2n) is 7.19. The molecule has 1 heterocycles. The highest BCUT2D eigenvalue weighted by molar-refractivity contribution is 5.23. The summed E-state index contributed by atoms with van der Waals surface area (Å²) in [5.41, 5.74) is 2.91. The predicted molar refractivity (Wildman–Crippen MR) is 108 cm³/mol. The van der Waals surface area contributed by atoms with Crippen LogP contribution in [0.5, 0.6) is 0 Å². The number of hydrogen-bond donors (Lipinski definition) is 4. The molecular weight excluding hydrogens is 308 g/mol. The first kappa shape index (κ1) is 20.4. The van der Waals surface area contributed by atoms with Gasteiger partial charge >= 0.3 is 0 Å². The van der Waals surface area contributed by atoms with E-state index < -0.39 is 0 Å². The van der Waals surface area contributed by atoms with Gasteiger partial charge in [-0.15, -0.1) is 0 Å². The van der Waals surface area contributed by atoms with Gasteiger partial charge in [-0.25, -0.2) is 0 Å². The molecule has 25 heavy (non-hydrogen) atoms. The van der Waals surface area contributed by atoms with Crippen LogP contribution in [0.15, 0.2) is 24.3 Å². The van der Waals surface area contributed by atoms with Gasteiger partial charge in [-0.05, 0) is 56.3 Å². The number of hydrogen-bond acceptors (Lipinski definition) is 4. The topological polar surface area (TPSA) is 48.1 Å². The van der Waals surface area contributed by atoms with Crippen molar-refractivity contribution in [1.29, 1.82) is 0 Å². The maximum Gasteiger partial charge on any atom is 0.0233 e. The van der Waals surface area contributed by atoms with E-state index in [9.17, 15) is 0 Å². The molecule has 1 saturated heterocycles. The molecule has 1 aliphatic heterocycles. The quantitative estimate of drug-likeness (QED) is 0.659. The number of nitrogens with one attached hydrogen (secondary N) is 4. The van der Waals surface area contributed by atoms with Crippen LogP contribution in [0, 0.1) is 0 Å². The molecule has 0 aliphatic carbocycles. The Morgan fingerprint density at radius 3 is 2.16 bits per heavy atom. The first-order chi connectivity index (χ1) is 12.4. The highest BCUT2D eigenvalue weighted by Crippen LogP contribution is 2.09. The van der Waals surface area contributed by atoms with E-state index in [1.807, 2.05) is 0 Å². The minimum absolute atomic E-state index is 0.492. The van der Waals surface area contributed by atoms with Crippen molar-refractivity contribution in [3.63, 3.8) is 0 Å². The standard InChI is InChI=1S/C21H38N4/c1-2-3-6-19-7-9-20(10-8-19)17-21-18-24-14-13-22-11-4-5-12-23-15-16-25-21/h7-10,21-25H,2-6,11-18H2,1H3. The molecule has 1 aliphatic rings. The van der Waals surface area contributed by atoms with Crippen molar-refractivity contribution in [1.82, 2.24) is 21.3 Å². The van der Waals surface area contributed by atoms with Crippen LogP contribution in [0.2, 0.25) is 0 Å². The molecule has 0 spiro atoms. The van der Waals surface area contributed by atoms with E-state index in [2.05, 4.69) is 52.5 Å². The minimum Gasteiger partial charge on any atom is -0.315 e. The summed E-state index contributed by atoms with van der Waals surface area (Å²) in [5, 5.41) is 14.4. The van der Waals surface area contributed by atoms with E-state index in [4.69, 9.17) is 0 Å². The lowest BCUT2D eigenvalue weighted by atomic mass is 10.0. The van der Waals surface area contributed by atoms with E-state index >= 15 is 0 Å². The van der Waals surface area contributed by atoms with Crippen molar-refractivity contribution in [2.45, 2.75) is 51.5 Å². The molecule has 1 fully saturated rings. The monoisotopic (exact) mass is 346 g/mol. The number of aryl methyl sites for hydroxylation is 1. The van der Waals surface area contributed by atoms with Gasteiger partial charge < -0.3 is 21.3 Å². The van der Waals surface area contributed by atoms with Crippen LogP contribution in [-0.2, 0) is 12.8 Å². The van der Waals surface area contributed by atoms with Gasteiger partial charge in [0.1, 0.15) is 0 Å². The summed E-state index contributed by atoms with van der Waals surface area (Å²) in [6.45, 7) is 9.75. The Kier molecular flexibility index (Phi) is 10.8. The maximum absolute atomic E-state index is 3.73. The summed E-state index contributed by atoms with van der Waals surface area (Å²) in [4.78, 5) is 0. The molecule has 142 valence electrons. The number of unbranched alkanes of at least 4 members (excludes halogenated alkanes) is 1. The van der Waals surface area contributed by atoms with Crippen molar-refractivity contribution in [3.05, 3.63) is 35.4 Å². The van der Waals surface area contributed by atoms with E-state index in [0.29, 0.717) is 6.04 Å². The van der Waals surface area contributed by atoms with Crippen LogP contribution < -0.4 is 21.3 Å². The Bertz CT molecular complexity index is 418. The lowest BCUT2D eigenvalue weighted by molar-refractivity contribution is 0.452. The summed E-state index contributed by atoms with van der Waals surface area (Å²) in [6.07, 6.45) is 7.37. The van der Waals surface area contributed by atoms with Gasteiger partial charge in [0.05, 0.1) is 0 Å². The van der Waals surface area contributed by atoms with Crippen LogP contribution in [0.1, 0.15) is 43.7 Å². The molecule has 1 aromatic carbocycles. The van der Waals surface area contributed by atoms with Crippen molar-refractivity contribution in [2.24, 2.45) is 0 Å². The highest BCUT2D eigenvalue weighted by atomic mass is 15.0. The van der Waals surface area contributed by atoms with Gasteiger partial charge in [0, 0.05) is 38.8 Å². The minimum atomic E-state index is 0.492. The molecule has 1 unspecified atom stereocenters. The van der Waals surface area contributed by atoms with Crippen LogP contribution in [0.4, 0.5) is 0 Å². The fourth-order valence-electron chi connectivity index (χ4n) is 3.29. The summed E-state index contributed by atoms with van der Waals surface area (Å²) < 4.78 is 0. The predicted octanol–water partition coefficient (Wildman–Crippen LogP) is 2.09. The van der Waals surface area contributed by atoms with Gasteiger partial charge in [0.2, 0.25) is 0 Å². The molecular formula is C21H38N4. The summed E-state index contributed by atoms with van der Waals surface area (Å²) in [7, 11) is 0.